The summed E-state index contributed by atoms with van der Waals surface area (Å²) in [6.07, 6.45) is 5.40. The Labute approximate surface area is 121 Å². The Bertz CT molecular complexity index is 718. The second kappa shape index (κ2) is 5.51. The fourth-order valence-electron chi connectivity index (χ4n) is 2.56. The fraction of sp³-hybridized carbons (Fsp3) is 0.429. The van der Waals surface area contributed by atoms with Crippen LogP contribution in [0.1, 0.15) is 17.9 Å². The van der Waals surface area contributed by atoms with Crippen LogP contribution in [0.4, 0.5) is 0 Å². The molecule has 0 aromatic carbocycles. The Kier molecular flexibility index (Phi) is 3.55. The zero-order valence-corrected chi connectivity index (χ0v) is 11.8. The highest BCUT2D eigenvalue weighted by Crippen LogP contribution is 2.12. The molecule has 0 fully saturated rings. The Balaban J connectivity index is 1.62. The summed E-state index contributed by atoms with van der Waals surface area (Å²) >= 11 is 0. The van der Waals surface area contributed by atoms with Crippen LogP contribution in [0.25, 0.3) is 0 Å². The van der Waals surface area contributed by atoms with Crippen molar-refractivity contribution in [3.63, 3.8) is 0 Å². The van der Waals surface area contributed by atoms with E-state index in [1.807, 2.05) is 10.8 Å². The first kappa shape index (κ1) is 13.5. The largest absolute Gasteiger partial charge is 0.350 e. The summed E-state index contributed by atoms with van der Waals surface area (Å²) < 4.78 is 3.24. The number of imidazole rings is 1. The van der Waals surface area contributed by atoms with Crippen molar-refractivity contribution in [1.29, 1.82) is 0 Å². The summed E-state index contributed by atoms with van der Waals surface area (Å²) in [5.41, 5.74) is 0.444. The van der Waals surface area contributed by atoms with E-state index in [1.54, 1.807) is 19.2 Å². The topological polar surface area (TPSA) is 81.8 Å². The van der Waals surface area contributed by atoms with E-state index in [9.17, 15) is 9.59 Å². The molecule has 1 amide bonds. The summed E-state index contributed by atoms with van der Waals surface area (Å²) in [6.45, 7) is 2.46. The lowest BCUT2D eigenvalue weighted by molar-refractivity contribution is -0.122. The van der Waals surface area contributed by atoms with Crippen LogP contribution in [0, 0.1) is 6.92 Å². The Morgan fingerprint density at radius 1 is 1.48 bits per heavy atom. The number of rotatable bonds is 3. The third-order valence-corrected chi connectivity index (χ3v) is 3.59. The average Bonchev–Trinajstić information content (AvgIpc) is 2.90. The van der Waals surface area contributed by atoms with E-state index in [4.69, 9.17) is 0 Å². The van der Waals surface area contributed by atoms with Crippen molar-refractivity contribution in [3.8, 4) is 0 Å². The zero-order valence-electron chi connectivity index (χ0n) is 11.8. The Morgan fingerprint density at radius 2 is 2.33 bits per heavy atom. The number of carbonyl (C=O) groups excluding carboxylic acids is 1. The summed E-state index contributed by atoms with van der Waals surface area (Å²) in [5.74, 6) is 0.862. The van der Waals surface area contributed by atoms with E-state index in [0.29, 0.717) is 5.69 Å². The smallest absolute Gasteiger partial charge is 0.267 e. The van der Waals surface area contributed by atoms with Gasteiger partial charge in [0.25, 0.3) is 5.56 Å². The molecule has 1 atom stereocenters. The zero-order chi connectivity index (χ0) is 14.8. The molecule has 2 aromatic heterocycles. The molecule has 0 spiro atoms. The highest BCUT2D eigenvalue weighted by molar-refractivity contribution is 5.75. The third kappa shape index (κ3) is 3.01. The van der Waals surface area contributed by atoms with Gasteiger partial charge in [-0.05, 0) is 19.4 Å². The first-order valence-electron chi connectivity index (χ1n) is 6.96. The SMILES string of the molecule is Cc1ccc(=O)n(CC(=O)N[C@@H]2CCc3nccn3C2)n1. The van der Waals surface area contributed by atoms with Gasteiger partial charge in [-0.2, -0.15) is 5.10 Å². The second-order valence-electron chi connectivity index (χ2n) is 5.27. The number of aryl methyl sites for hydroxylation is 2. The van der Waals surface area contributed by atoms with Gasteiger partial charge in [-0.1, -0.05) is 0 Å². The molecule has 0 bridgehead atoms. The molecular formula is C14H17N5O2. The van der Waals surface area contributed by atoms with Crippen molar-refractivity contribution in [2.45, 2.75) is 38.9 Å². The molecule has 0 aliphatic carbocycles. The highest BCUT2D eigenvalue weighted by atomic mass is 16.2. The standard InChI is InChI=1S/C14H17N5O2/c1-10-2-5-14(21)19(17-10)9-13(20)16-11-3-4-12-15-6-7-18(12)8-11/h2,5-7,11H,3-4,8-9H2,1H3,(H,16,20)/t11-/m1/s1. The molecule has 0 saturated carbocycles. The van der Waals surface area contributed by atoms with E-state index in [0.717, 1.165) is 25.2 Å². The van der Waals surface area contributed by atoms with Gasteiger partial charge >= 0.3 is 0 Å². The maximum absolute atomic E-state index is 12.1. The van der Waals surface area contributed by atoms with Gasteiger partial charge in [-0.15, -0.1) is 0 Å². The van der Waals surface area contributed by atoms with Crippen molar-refractivity contribution >= 4 is 5.91 Å². The van der Waals surface area contributed by atoms with Crippen molar-refractivity contribution in [3.05, 3.63) is 46.4 Å². The third-order valence-electron chi connectivity index (χ3n) is 3.59. The van der Waals surface area contributed by atoms with Gasteiger partial charge in [-0.3, -0.25) is 9.59 Å². The molecular weight excluding hydrogens is 270 g/mol. The van der Waals surface area contributed by atoms with Crippen LogP contribution in [0.15, 0.2) is 29.3 Å². The molecule has 7 nitrogen and oxygen atoms in total. The maximum Gasteiger partial charge on any atom is 0.267 e. The molecule has 0 saturated heterocycles. The lowest BCUT2D eigenvalue weighted by Gasteiger charge is -2.24. The van der Waals surface area contributed by atoms with E-state index in [2.05, 4.69) is 15.4 Å². The summed E-state index contributed by atoms with van der Waals surface area (Å²) in [6, 6.07) is 3.13. The predicted octanol–water partition coefficient (Wildman–Crippen LogP) is -0.121. The van der Waals surface area contributed by atoms with Crippen LogP contribution in [-0.4, -0.2) is 31.3 Å². The molecule has 0 radical (unpaired) electrons. The van der Waals surface area contributed by atoms with Crippen LogP contribution in [0.5, 0.6) is 0 Å². The maximum atomic E-state index is 12.1. The molecule has 2 aromatic rings. The summed E-state index contributed by atoms with van der Waals surface area (Å²) in [5, 5.41) is 7.02. The molecule has 1 aliphatic heterocycles. The minimum Gasteiger partial charge on any atom is -0.350 e. The molecule has 7 heteroatoms. The van der Waals surface area contributed by atoms with Gasteiger partial charge in [0, 0.05) is 37.5 Å². The van der Waals surface area contributed by atoms with Crippen LogP contribution in [0.2, 0.25) is 0 Å². The monoisotopic (exact) mass is 287 g/mol. The minimum absolute atomic E-state index is 0.0478. The first-order valence-corrected chi connectivity index (χ1v) is 6.96. The van der Waals surface area contributed by atoms with Crippen LogP contribution < -0.4 is 10.9 Å². The first-order chi connectivity index (χ1) is 10.1. The number of aromatic nitrogens is 4. The average molecular weight is 287 g/mol. The van der Waals surface area contributed by atoms with Crippen LogP contribution >= 0.6 is 0 Å². The lowest BCUT2D eigenvalue weighted by atomic mass is 10.1. The van der Waals surface area contributed by atoms with Gasteiger partial charge in [0.2, 0.25) is 5.91 Å². The predicted molar refractivity (Wildman–Crippen MR) is 75.7 cm³/mol. The number of hydrogen-bond acceptors (Lipinski definition) is 4. The van der Waals surface area contributed by atoms with Crippen molar-refractivity contribution in [1.82, 2.24) is 24.6 Å². The highest BCUT2D eigenvalue weighted by Gasteiger charge is 2.20. The van der Waals surface area contributed by atoms with E-state index >= 15 is 0 Å². The van der Waals surface area contributed by atoms with E-state index < -0.39 is 0 Å². The van der Waals surface area contributed by atoms with Crippen LogP contribution in [-0.2, 0) is 24.3 Å². The summed E-state index contributed by atoms with van der Waals surface area (Å²) in [4.78, 5) is 27.9. The number of amides is 1. The molecule has 3 heterocycles. The molecule has 1 aliphatic rings. The quantitative estimate of drug-likeness (QED) is 0.853. The lowest BCUT2D eigenvalue weighted by Crippen LogP contribution is -2.43. The van der Waals surface area contributed by atoms with Gasteiger partial charge in [-0.25, -0.2) is 9.67 Å². The number of hydrogen-bond donors (Lipinski definition) is 1. The van der Waals surface area contributed by atoms with E-state index in [-0.39, 0.29) is 24.1 Å². The number of nitrogens with one attached hydrogen (secondary N) is 1. The molecule has 0 unspecified atom stereocenters. The number of nitrogens with zero attached hydrogens (tertiary/aromatic N) is 4. The normalized spacial score (nSPS) is 17.3. The van der Waals surface area contributed by atoms with Gasteiger partial charge < -0.3 is 9.88 Å². The van der Waals surface area contributed by atoms with Gasteiger partial charge in [0.05, 0.1) is 5.69 Å². The molecule has 1 N–H and O–H groups in total. The van der Waals surface area contributed by atoms with Gasteiger partial charge in [0.1, 0.15) is 12.4 Å². The Morgan fingerprint density at radius 3 is 3.19 bits per heavy atom. The molecule has 3 rings (SSSR count). The van der Waals surface area contributed by atoms with E-state index in [1.165, 1.54) is 10.7 Å². The van der Waals surface area contributed by atoms with Crippen molar-refractivity contribution < 1.29 is 4.79 Å². The minimum atomic E-state index is -0.267. The van der Waals surface area contributed by atoms with Crippen molar-refractivity contribution in [2.75, 3.05) is 0 Å². The molecule has 21 heavy (non-hydrogen) atoms. The second-order valence-corrected chi connectivity index (χ2v) is 5.27. The Hall–Kier alpha value is -2.44. The number of carbonyl (C=O) groups is 1. The van der Waals surface area contributed by atoms with Crippen molar-refractivity contribution in [2.24, 2.45) is 0 Å². The van der Waals surface area contributed by atoms with Crippen LogP contribution in [0.3, 0.4) is 0 Å². The molecule has 110 valence electrons. The van der Waals surface area contributed by atoms with Gasteiger partial charge in [0.15, 0.2) is 0 Å². The summed E-state index contributed by atoms with van der Waals surface area (Å²) in [7, 11) is 0. The number of fused-ring (bicyclic) bond motifs is 1. The fourth-order valence-corrected chi connectivity index (χ4v) is 2.56.